The highest BCUT2D eigenvalue weighted by molar-refractivity contribution is 7.99. The minimum Gasteiger partial charge on any atom is -0.327 e. The van der Waals surface area contributed by atoms with Crippen molar-refractivity contribution in [3.8, 4) is 0 Å². The van der Waals surface area contributed by atoms with Gasteiger partial charge in [0.15, 0.2) is 0 Å². The van der Waals surface area contributed by atoms with Gasteiger partial charge in [-0.2, -0.15) is 0 Å². The molecule has 1 heterocycles. The summed E-state index contributed by atoms with van der Waals surface area (Å²) in [4.78, 5) is 5.11. The summed E-state index contributed by atoms with van der Waals surface area (Å²) in [6.07, 6.45) is 2.56. The molecule has 0 spiro atoms. The average molecular weight is 268 g/mol. The number of nitrogens with zero attached hydrogens (tertiary/aromatic N) is 1. The summed E-state index contributed by atoms with van der Waals surface area (Å²) in [5.74, 6) is 0.562. The first-order valence-electron chi connectivity index (χ1n) is 5.26. The Hall–Kier alpha value is -0.910. The molecule has 0 saturated carbocycles. The number of thiazole rings is 1. The zero-order valence-corrected chi connectivity index (χ0v) is 10.8. The molecule has 2 nitrogen and oxygen atoms in total. The summed E-state index contributed by atoms with van der Waals surface area (Å²) in [5, 5.41) is 3.00. The summed E-state index contributed by atoms with van der Waals surface area (Å²) < 4.78 is 12.9. The lowest BCUT2D eigenvalue weighted by Gasteiger charge is -2.09. The standard InChI is InChI=1S/C12H13FN2S2/c13-9-2-1-3-11(6-9)17-8-10(14)7-12-15-4-5-16-12/h1-6,10H,7-8,14H2. The Morgan fingerprint density at radius 1 is 1.47 bits per heavy atom. The monoisotopic (exact) mass is 268 g/mol. The van der Waals surface area contributed by atoms with Gasteiger partial charge in [-0.1, -0.05) is 6.07 Å². The van der Waals surface area contributed by atoms with Crippen LogP contribution in [0.4, 0.5) is 4.39 Å². The smallest absolute Gasteiger partial charge is 0.124 e. The molecule has 0 amide bonds. The second kappa shape index (κ2) is 6.14. The summed E-state index contributed by atoms with van der Waals surface area (Å²) in [6, 6.07) is 6.63. The van der Waals surface area contributed by atoms with Gasteiger partial charge in [0.1, 0.15) is 5.82 Å². The van der Waals surface area contributed by atoms with E-state index in [1.54, 1.807) is 35.4 Å². The zero-order chi connectivity index (χ0) is 12.1. The molecule has 1 aromatic heterocycles. The van der Waals surface area contributed by atoms with Crippen molar-refractivity contribution < 1.29 is 4.39 Å². The van der Waals surface area contributed by atoms with E-state index in [1.165, 1.54) is 12.1 Å². The molecule has 1 atom stereocenters. The van der Waals surface area contributed by atoms with E-state index in [0.717, 1.165) is 22.1 Å². The maximum Gasteiger partial charge on any atom is 0.124 e. The Morgan fingerprint density at radius 2 is 2.35 bits per heavy atom. The highest BCUT2D eigenvalue weighted by Crippen LogP contribution is 2.20. The Morgan fingerprint density at radius 3 is 3.06 bits per heavy atom. The third-order valence-corrected chi connectivity index (χ3v) is 4.16. The van der Waals surface area contributed by atoms with Crippen LogP contribution in [0, 0.1) is 5.82 Å². The lowest BCUT2D eigenvalue weighted by molar-refractivity contribution is 0.624. The molecule has 1 aromatic carbocycles. The minimum absolute atomic E-state index is 0.0504. The molecule has 2 rings (SSSR count). The van der Waals surface area contributed by atoms with Crippen LogP contribution in [-0.4, -0.2) is 16.8 Å². The number of halogens is 1. The van der Waals surface area contributed by atoms with Crippen LogP contribution in [0.3, 0.4) is 0 Å². The number of thioether (sulfide) groups is 1. The fraction of sp³-hybridized carbons (Fsp3) is 0.250. The minimum atomic E-state index is -0.205. The van der Waals surface area contributed by atoms with E-state index in [-0.39, 0.29) is 11.9 Å². The highest BCUT2D eigenvalue weighted by atomic mass is 32.2. The molecule has 1 unspecified atom stereocenters. The first-order chi connectivity index (χ1) is 8.24. The maximum absolute atomic E-state index is 12.9. The number of rotatable bonds is 5. The molecule has 0 saturated heterocycles. The van der Waals surface area contributed by atoms with Gasteiger partial charge in [-0.15, -0.1) is 23.1 Å². The highest BCUT2D eigenvalue weighted by Gasteiger charge is 2.07. The molecule has 0 aliphatic rings. The molecule has 0 fully saturated rings. The van der Waals surface area contributed by atoms with Crippen molar-refractivity contribution in [2.75, 3.05) is 5.75 Å². The van der Waals surface area contributed by atoms with Crippen LogP contribution in [0.5, 0.6) is 0 Å². The number of nitrogens with two attached hydrogens (primary N) is 1. The lowest BCUT2D eigenvalue weighted by atomic mass is 10.3. The van der Waals surface area contributed by atoms with Gasteiger partial charge in [-0.05, 0) is 18.2 Å². The van der Waals surface area contributed by atoms with E-state index in [9.17, 15) is 4.39 Å². The molecular formula is C12H13FN2S2. The number of hydrogen-bond acceptors (Lipinski definition) is 4. The molecule has 17 heavy (non-hydrogen) atoms. The summed E-state index contributed by atoms with van der Waals surface area (Å²) in [6.45, 7) is 0. The van der Waals surface area contributed by atoms with Gasteiger partial charge >= 0.3 is 0 Å². The Kier molecular flexibility index (Phi) is 4.53. The fourth-order valence-corrected chi connectivity index (χ4v) is 3.00. The van der Waals surface area contributed by atoms with E-state index in [1.807, 2.05) is 11.4 Å². The SMILES string of the molecule is NC(CSc1cccc(F)c1)Cc1nccs1. The fourth-order valence-electron chi connectivity index (χ4n) is 1.40. The largest absolute Gasteiger partial charge is 0.327 e. The van der Waals surface area contributed by atoms with Crippen LogP contribution >= 0.6 is 23.1 Å². The predicted molar refractivity (Wildman–Crippen MR) is 70.9 cm³/mol. The summed E-state index contributed by atoms with van der Waals surface area (Å²) >= 11 is 3.19. The van der Waals surface area contributed by atoms with Gasteiger partial charge in [0.2, 0.25) is 0 Å². The lowest BCUT2D eigenvalue weighted by Crippen LogP contribution is -2.25. The molecule has 0 aliphatic heterocycles. The molecular weight excluding hydrogens is 255 g/mol. The van der Waals surface area contributed by atoms with E-state index < -0.39 is 0 Å². The molecule has 5 heteroatoms. The zero-order valence-electron chi connectivity index (χ0n) is 9.17. The first-order valence-corrected chi connectivity index (χ1v) is 7.13. The van der Waals surface area contributed by atoms with Crippen molar-refractivity contribution in [1.82, 2.24) is 4.98 Å². The van der Waals surface area contributed by atoms with Crippen molar-refractivity contribution in [2.24, 2.45) is 5.73 Å². The van der Waals surface area contributed by atoms with Crippen LogP contribution < -0.4 is 5.73 Å². The van der Waals surface area contributed by atoms with Crippen molar-refractivity contribution in [3.63, 3.8) is 0 Å². The van der Waals surface area contributed by atoms with Crippen LogP contribution in [0.25, 0.3) is 0 Å². The van der Waals surface area contributed by atoms with Crippen LogP contribution in [-0.2, 0) is 6.42 Å². The summed E-state index contributed by atoms with van der Waals surface area (Å²) in [5.41, 5.74) is 6.00. The normalized spacial score (nSPS) is 12.6. The van der Waals surface area contributed by atoms with Gasteiger partial charge in [0, 0.05) is 34.7 Å². The van der Waals surface area contributed by atoms with Crippen LogP contribution in [0.1, 0.15) is 5.01 Å². The van der Waals surface area contributed by atoms with Crippen LogP contribution in [0.15, 0.2) is 40.7 Å². The van der Waals surface area contributed by atoms with E-state index in [2.05, 4.69) is 4.98 Å². The Labute approximate surface area is 108 Å². The Balaban J connectivity index is 1.82. The molecule has 0 bridgehead atoms. The van der Waals surface area contributed by atoms with Crippen LogP contribution in [0.2, 0.25) is 0 Å². The molecule has 90 valence electrons. The van der Waals surface area contributed by atoms with E-state index in [4.69, 9.17) is 5.73 Å². The third kappa shape index (κ3) is 4.11. The average Bonchev–Trinajstić information content (AvgIpc) is 2.79. The Bertz CT molecular complexity index is 459. The van der Waals surface area contributed by atoms with Crippen molar-refractivity contribution in [2.45, 2.75) is 17.4 Å². The number of benzene rings is 1. The second-order valence-corrected chi connectivity index (χ2v) is 5.73. The molecule has 2 aromatic rings. The third-order valence-electron chi connectivity index (χ3n) is 2.18. The summed E-state index contributed by atoms with van der Waals surface area (Å²) in [7, 11) is 0. The second-order valence-electron chi connectivity index (χ2n) is 3.66. The van der Waals surface area contributed by atoms with Crippen molar-refractivity contribution in [3.05, 3.63) is 46.7 Å². The van der Waals surface area contributed by atoms with E-state index in [0.29, 0.717) is 0 Å². The number of hydrogen-bond donors (Lipinski definition) is 1. The maximum atomic E-state index is 12.9. The van der Waals surface area contributed by atoms with Gasteiger partial charge in [0.25, 0.3) is 0 Å². The van der Waals surface area contributed by atoms with Crippen molar-refractivity contribution in [1.29, 1.82) is 0 Å². The van der Waals surface area contributed by atoms with Gasteiger partial charge in [0.05, 0.1) is 5.01 Å². The first kappa shape index (κ1) is 12.5. The van der Waals surface area contributed by atoms with E-state index >= 15 is 0 Å². The topological polar surface area (TPSA) is 38.9 Å². The van der Waals surface area contributed by atoms with Gasteiger partial charge < -0.3 is 5.73 Å². The van der Waals surface area contributed by atoms with Gasteiger partial charge in [-0.25, -0.2) is 9.37 Å². The number of aromatic nitrogens is 1. The molecule has 0 aliphatic carbocycles. The quantitative estimate of drug-likeness (QED) is 0.847. The molecule has 2 N–H and O–H groups in total. The van der Waals surface area contributed by atoms with Crippen molar-refractivity contribution >= 4 is 23.1 Å². The molecule has 0 radical (unpaired) electrons. The van der Waals surface area contributed by atoms with Gasteiger partial charge in [-0.3, -0.25) is 0 Å². The predicted octanol–water partition coefficient (Wildman–Crippen LogP) is 2.94.